The van der Waals surface area contributed by atoms with E-state index in [0.717, 1.165) is 24.2 Å². The summed E-state index contributed by atoms with van der Waals surface area (Å²) in [5.74, 6) is -0.167. The Kier molecular flexibility index (Phi) is 3.08. The van der Waals surface area contributed by atoms with Gasteiger partial charge >= 0.3 is 5.97 Å². The Morgan fingerprint density at radius 2 is 1.90 bits per heavy atom. The molecule has 0 aliphatic heterocycles. The van der Waals surface area contributed by atoms with Gasteiger partial charge in [0.15, 0.2) is 5.69 Å². The summed E-state index contributed by atoms with van der Waals surface area (Å²) in [6.07, 6.45) is 4.49. The van der Waals surface area contributed by atoms with Crippen molar-refractivity contribution in [3.05, 3.63) is 41.9 Å². The molecule has 0 spiro atoms. The predicted molar refractivity (Wildman–Crippen MR) is 76.8 cm³/mol. The summed E-state index contributed by atoms with van der Waals surface area (Å²) in [7, 11) is 0. The number of hydrogen-bond acceptors (Lipinski definition) is 2. The van der Waals surface area contributed by atoms with E-state index in [1.54, 1.807) is 0 Å². The first-order valence-electron chi connectivity index (χ1n) is 6.99. The zero-order valence-electron chi connectivity index (χ0n) is 11.5. The Bertz CT molecular complexity index is 625. The topological polar surface area (TPSA) is 66.0 Å². The van der Waals surface area contributed by atoms with E-state index in [0.29, 0.717) is 5.69 Å². The average Bonchev–Trinajstić information content (AvgIpc) is 3.07. The standard InChI is InChI=1S/C16H18N2O2/c1-16(9-5-6-10-16)15-17-12(13(18-15)14(19)20)11-7-3-2-4-8-11/h2-4,7-8H,5-6,9-10H2,1H3,(H,17,18)(H,19,20). The van der Waals surface area contributed by atoms with Gasteiger partial charge in [-0.2, -0.15) is 0 Å². The number of aromatic carboxylic acids is 1. The largest absolute Gasteiger partial charge is 0.476 e. The van der Waals surface area contributed by atoms with Gasteiger partial charge in [0.1, 0.15) is 5.82 Å². The molecule has 4 heteroatoms. The van der Waals surface area contributed by atoms with Gasteiger partial charge in [0.2, 0.25) is 0 Å². The molecule has 1 aliphatic rings. The summed E-state index contributed by atoms with van der Waals surface area (Å²) < 4.78 is 0. The van der Waals surface area contributed by atoms with E-state index in [4.69, 9.17) is 0 Å². The molecule has 2 aromatic rings. The summed E-state index contributed by atoms with van der Waals surface area (Å²) in [5, 5.41) is 9.38. The Hall–Kier alpha value is -2.10. The Labute approximate surface area is 117 Å². The lowest BCUT2D eigenvalue weighted by Crippen LogP contribution is -2.18. The van der Waals surface area contributed by atoms with Crippen molar-refractivity contribution in [3.8, 4) is 11.3 Å². The third-order valence-electron chi connectivity index (χ3n) is 4.25. The van der Waals surface area contributed by atoms with Crippen LogP contribution in [0.4, 0.5) is 0 Å². The molecule has 104 valence electrons. The van der Waals surface area contributed by atoms with Gasteiger partial charge in [-0.25, -0.2) is 9.78 Å². The van der Waals surface area contributed by atoms with E-state index in [-0.39, 0.29) is 11.1 Å². The van der Waals surface area contributed by atoms with E-state index >= 15 is 0 Å². The molecule has 3 rings (SSSR count). The summed E-state index contributed by atoms with van der Waals surface area (Å²) in [6.45, 7) is 2.17. The molecule has 1 fully saturated rings. The number of imidazole rings is 1. The first kappa shape index (κ1) is 12.9. The van der Waals surface area contributed by atoms with Crippen LogP contribution in [0.15, 0.2) is 30.3 Å². The van der Waals surface area contributed by atoms with Crippen molar-refractivity contribution in [2.45, 2.75) is 38.0 Å². The highest BCUT2D eigenvalue weighted by Crippen LogP contribution is 2.40. The van der Waals surface area contributed by atoms with Gasteiger partial charge in [0.25, 0.3) is 0 Å². The van der Waals surface area contributed by atoms with E-state index in [2.05, 4.69) is 16.9 Å². The molecule has 4 nitrogen and oxygen atoms in total. The minimum absolute atomic E-state index is 0.0166. The lowest BCUT2D eigenvalue weighted by molar-refractivity contribution is 0.0691. The van der Waals surface area contributed by atoms with Crippen molar-refractivity contribution in [2.24, 2.45) is 0 Å². The van der Waals surface area contributed by atoms with E-state index in [9.17, 15) is 9.90 Å². The second-order valence-electron chi connectivity index (χ2n) is 5.75. The van der Waals surface area contributed by atoms with Crippen molar-refractivity contribution in [3.63, 3.8) is 0 Å². The molecule has 1 saturated carbocycles. The highest BCUT2D eigenvalue weighted by molar-refractivity contribution is 5.93. The highest BCUT2D eigenvalue weighted by Gasteiger charge is 2.35. The third kappa shape index (κ3) is 2.11. The lowest BCUT2D eigenvalue weighted by atomic mass is 9.88. The smallest absolute Gasteiger partial charge is 0.356 e. The SMILES string of the molecule is CC1(c2nc(C(=O)O)c(-c3ccccc3)[nH]2)CCCC1. The molecule has 2 N–H and O–H groups in total. The number of H-pyrrole nitrogens is 1. The number of nitrogens with zero attached hydrogens (tertiary/aromatic N) is 1. The number of hydrogen-bond donors (Lipinski definition) is 2. The van der Waals surface area contributed by atoms with E-state index in [1.165, 1.54) is 12.8 Å². The molecule has 1 aliphatic carbocycles. The minimum atomic E-state index is -0.979. The number of benzene rings is 1. The van der Waals surface area contributed by atoms with Gasteiger partial charge in [-0.3, -0.25) is 0 Å². The van der Waals surface area contributed by atoms with Gasteiger partial charge in [0, 0.05) is 11.0 Å². The van der Waals surface area contributed by atoms with Gasteiger partial charge in [0.05, 0.1) is 5.69 Å². The van der Waals surface area contributed by atoms with Crippen LogP contribution in [0.1, 0.15) is 48.9 Å². The molecular weight excluding hydrogens is 252 g/mol. The van der Waals surface area contributed by atoms with E-state index < -0.39 is 5.97 Å². The molecule has 0 radical (unpaired) electrons. The fourth-order valence-corrected chi connectivity index (χ4v) is 3.02. The molecule has 1 heterocycles. The third-order valence-corrected chi connectivity index (χ3v) is 4.25. The van der Waals surface area contributed by atoms with Crippen molar-refractivity contribution in [2.75, 3.05) is 0 Å². The van der Waals surface area contributed by atoms with Gasteiger partial charge in [-0.15, -0.1) is 0 Å². The maximum atomic E-state index is 11.4. The van der Waals surface area contributed by atoms with Crippen LogP contribution in [0.3, 0.4) is 0 Å². The number of carbonyl (C=O) groups is 1. The van der Waals surface area contributed by atoms with Crippen LogP contribution < -0.4 is 0 Å². The Balaban J connectivity index is 2.10. The summed E-state index contributed by atoms with van der Waals surface area (Å²) in [5.41, 5.74) is 1.59. The van der Waals surface area contributed by atoms with Crippen LogP contribution >= 0.6 is 0 Å². The normalized spacial score (nSPS) is 17.2. The molecule has 0 amide bonds. The van der Waals surface area contributed by atoms with E-state index in [1.807, 2.05) is 30.3 Å². The average molecular weight is 270 g/mol. The Morgan fingerprint density at radius 3 is 2.50 bits per heavy atom. The van der Waals surface area contributed by atoms with Gasteiger partial charge in [-0.05, 0) is 12.8 Å². The zero-order valence-corrected chi connectivity index (χ0v) is 11.5. The van der Waals surface area contributed by atoms with Gasteiger partial charge in [-0.1, -0.05) is 50.1 Å². The summed E-state index contributed by atoms with van der Waals surface area (Å²) in [6, 6.07) is 9.53. The number of aromatic nitrogens is 2. The quantitative estimate of drug-likeness (QED) is 0.895. The van der Waals surface area contributed by atoms with Crippen LogP contribution in [-0.2, 0) is 5.41 Å². The van der Waals surface area contributed by atoms with Crippen LogP contribution in [0.25, 0.3) is 11.3 Å². The van der Waals surface area contributed by atoms with Crippen LogP contribution in [0, 0.1) is 0 Å². The van der Waals surface area contributed by atoms with Crippen molar-refractivity contribution in [1.82, 2.24) is 9.97 Å². The number of carboxylic acids is 1. The maximum absolute atomic E-state index is 11.4. The van der Waals surface area contributed by atoms with Crippen molar-refractivity contribution in [1.29, 1.82) is 0 Å². The van der Waals surface area contributed by atoms with Crippen LogP contribution in [0.5, 0.6) is 0 Å². The molecule has 0 atom stereocenters. The highest BCUT2D eigenvalue weighted by atomic mass is 16.4. The number of nitrogens with one attached hydrogen (secondary N) is 1. The first-order chi connectivity index (χ1) is 9.60. The fourth-order valence-electron chi connectivity index (χ4n) is 3.02. The van der Waals surface area contributed by atoms with Crippen molar-refractivity contribution < 1.29 is 9.90 Å². The second kappa shape index (κ2) is 4.78. The summed E-state index contributed by atoms with van der Waals surface area (Å²) in [4.78, 5) is 19.1. The lowest BCUT2D eigenvalue weighted by Gasteiger charge is -2.20. The second-order valence-corrected chi connectivity index (χ2v) is 5.75. The first-order valence-corrected chi connectivity index (χ1v) is 6.99. The fraction of sp³-hybridized carbons (Fsp3) is 0.375. The predicted octanol–water partition coefficient (Wildman–Crippen LogP) is 3.61. The monoisotopic (exact) mass is 270 g/mol. The molecule has 0 unspecified atom stereocenters. The van der Waals surface area contributed by atoms with Gasteiger partial charge < -0.3 is 10.1 Å². The van der Waals surface area contributed by atoms with Crippen LogP contribution in [-0.4, -0.2) is 21.0 Å². The maximum Gasteiger partial charge on any atom is 0.356 e. The molecular formula is C16H18N2O2. The Morgan fingerprint density at radius 1 is 1.25 bits per heavy atom. The summed E-state index contributed by atoms with van der Waals surface area (Å²) >= 11 is 0. The number of aromatic amines is 1. The molecule has 0 saturated heterocycles. The number of carboxylic acid groups (broad SMARTS) is 1. The molecule has 0 bridgehead atoms. The number of rotatable bonds is 3. The molecule has 1 aromatic carbocycles. The molecule has 20 heavy (non-hydrogen) atoms. The zero-order chi connectivity index (χ0) is 14.2. The molecule has 1 aromatic heterocycles. The van der Waals surface area contributed by atoms with Crippen molar-refractivity contribution >= 4 is 5.97 Å². The van der Waals surface area contributed by atoms with Crippen LogP contribution in [0.2, 0.25) is 0 Å². The minimum Gasteiger partial charge on any atom is -0.476 e.